The van der Waals surface area contributed by atoms with Crippen molar-refractivity contribution in [2.75, 3.05) is 26.7 Å². The van der Waals surface area contributed by atoms with Crippen LogP contribution >= 0.6 is 0 Å². The molecule has 0 bridgehead atoms. The van der Waals surface area contributed by atoms with Gasteiger partial charge in [0.25, 0.3) is 0 Å². The topological polar surface area (TPSA) is 48.9 Å². The zero-order chi connectivity index (χ0) is 19.6. The molecule has 3 rings (SSSR count). The van der Waals surface area contributed by atoms with Gasteiger partial charge in [-0.2, -0.15) is 0 Å². The maximum Gasteiger partial charge on any atom is 0.191 e. The summed E-state index contributed by atoms with van der Waals surface area (Å²) in [6.07, 6.45) is 11.0. The molecule has 5 nitrogen and oxygen atoms in total. The van der Waals surface area contributed by atoms with Gasteiger partial charge in [0.05, 0.1) is 6.10 Å². The van der Waals surface area contributed by atoms with Crippen LogP contribution < -0.4 is 15.4 Å². The Labute approximate surface area is 170 Å². The number of ether oxygens (including phenoxy) is 1. The Morgan fingerprint density at radius 3 is 2.71 bits per heavy atom. The number of likely N-dealkylation sites (tertiary alicyclic amines) is 1. The summed E-state index contributed by atoms with van der Waals surface area (Å²) >= 11 is 0. The van der Waals surface area contributed by atoms with Gasteiger partial charge in [-0.3, -0.25) is 9.89 Å². The molecule has 0 unspecified atom stereocenters. The second kappa shape index (κ2) is 11.1. The first-order valence-electron chi connectivity index (χ1n) is 10.8. The van der Waals surface area contributed by atoms with Crippen LogP contribution in [0, 0.1) is 0 Å². The maximum absolute atomic E-state index is 6.20. The number of piperidine rings is 1. The van der Waals surface area contributed by atoms with Crippen molar-refractivity contribution in [1.82, 2.24) is 15.5 Å². The molecule has 154 valence electrons. The molecular formula is C23H36N4O. The largest absolute Gasteiger partial charge is 0.490 e. The molecule has 0 radical (unpaired) electrons. The summed E-state index contributed by atoms with van der Waals surface area (Å²) in [6.45, 7) is 7.79. The van der Waals surface area contributed by atoms with Crippen LogP contribution in [0.15, 0.2) is 41.9 Å². The van der Waals surface area contributed by atoms with Crippen molar-refractivity contribution in [2.24, 2.45) is 4.99 Å². The van der Waals surface area contributed by atoms with E-state index < -0.39 is 0 Å². The number of aliphatic imine (C=N–C) groups is 1. The van der Waals surface area contributed by atoms with Crippen molar-refractivity contribution in [3.63, 3.8) is 0 Å². The molecule has 2 fully saturated rings. The summed E-state index contributed by atoms with van der Waals surface area (Å²) in [7, 11) is 1.84. The SMILES string of the molecule is C=CCN1CCC(NC(=NC)NCc2cccc(OC3CCCCC3)c2)CC1. The maximum atomic E-state index is 6.20. The number of hydrogen-bond acceptors (Lipinski definition) is 3. The summed E-state index contributed by atoms with van der Waals surface area (Å²) in [5.41, 5.74) is 1.22. The average molecular weight is 385 g/mol. The van der Waals surface area contributed by atoms with Crippen LogP contribution in [0.4, 0.5) is 0 Å². The summed E-state index contributed by atoms with van der Waals surface area (Å²) < 4.78 is 6.20. The molecule has 1 saturated carbocycles. The molecule has 1 saturated heterocycles. The van der Waals surface area contributed by atoms with Crippen LogP contribution in [0.2, 0.25) is 0 Å². The standard InChI is InChI=1S/C23H36N4O/c1-3-14-27-15-12-20(13-16-27)26-23(24-2)25-18-19-8-7-11-22(17-19)28-21-9-5-4-6-10-21/h3,7-8,11,17,20-21H,1,4-6,9-10,12-16,18H2,2H3,(H2,24,25,26). The van der Waals surface area contributed by atoms with Crippen molar-refractivity contribution < 1.29 is 4.74 Å². The normalized spacial score (nSPS) is 20.0. The van der Waals surface area contributed by atoms with Crippen LogP contribution in [-0.2, 0) is 6.54 Å². The Morgan fingerprint density at radius 1 is 1.21 bits per heavy atom. The van der Waals surface area contributed by atoms with Crippen molar-refractivity contribution in [2.45, 2.75) is 63.6 Å². The number of rotatable bonds is 7. The number of hydrogen-bond donors (Lipinski definition) is 2. The fourth-order valence-corrected chi connectivity index (χ4v) is 4.12. The lowest BCUT2D eigenvalue weighted by molar-refractivity contribution is 0.155. The highest BCUT2D eigenvalue weighted by Gasteiger charge is 2.19. The van der Waals surface area contributed by atoms with E-state index >= 15 is 0 Å². The van der Waals surface area contributed by atoms with Crippen molar-refractivity contribution in [1.29, 1.82) is 0 Å². The van der Waals surface area contributed by atoms with E-state index in [0.29, 0.717) is 12.1 Å². The molecule has 1 heterocycles. The Bertz CT molecular complexity index is 631. The van der Waals surface area contributed by atoms with Gasteiger partial charge >= 0.3 is 0 Å². The van der Waals surface area contributed by atoms with Crippen LogP contribution in [0.5, 0.6) is 5.75 Å². The van der Waals surface area contributed by atoms with Gasteiger partial charge < -0.3 is 15.4 Å². The van der Waals surface area contributed by atoms with Gasteiger partial charge in [0, 0.05) is 39.3 Å². The highest BCUT2D eigenvalue weighted by Crippen LogP contribution is 2.24. The van der Waals surface area contributed by atoms with Crippen LogP contribution in [0.25, 0.3) is 0 Å². The fourth-order valence-electron chi connectivity index (χ4n) is 4.12. The predicted molar refractivity (Wildman–Crippen MR) is 117 cm³/mol. The van der Waals surface area contributed by atoms with Crippen LogP contribution in [0.1, 0.15) is 50.5 Å². The lowest BCUT2D eigenvalue weighted by Crippen LogP contribution is -2.48. The van der Waals surface area contributed by atoms with Gasteiger partial charge in [-0.15, -0.1) is 6.58 Å². The number of benzene rings is 1. The number of nitrogens with one attached hydrogen (secondary N) is 2. The minimum absolute atomic E-state index is 0.387. The van der Waals surface area contributed by atoms with Crippen LogP contribution in [-0.4, -0.2) is 49.7 Å². The summed E-state index contributed by atoms with van der Waals surface area (Å²) in [5, 5.41) is 7.03. The van der Waals surface area contributed by atoms with E-state index in [4.69, 9.17) is 4.74 Å². The number of nitrogens with zero attached hydrogens (tertiary/aromatic N) is 2. The number of guanidine groups is 1. The van der Waals surface area contributed by atoms with E-state index in [2.05, 4.69) is 51.4 Å². The third-order valence-corrected chi connectivity index (χ3v) is 5.75. The first-order chi connectivity index (χ1) is 13.8. The fraction of sp³-hybridized carbons (Fsp3) is 0.609. The molecular weight excluding hydrogens is 348 g/mol. The molecule has 5 heteroatoms. The first-order valence-corrected chi connectivity index (χ1v) is 10.8. The quantitative estimate of drug-likeness (QED) is 0.427. The Morgan fingerprint density at radius 2 is 2.00 bits per heavy atom. The lowest BCUT2D eigenvalue weighted by atomic mass is 9.98. The molecule has 28 heavy (non-hydrogen) atoms. The highest BCUT2D eigenvalue weighted by atomic mass is 16.5. The van der Waals surface area contributed by atoms with Crippen LogP contribution in [0.3, 0.4) is 0 Å². The Balaban J connectivity index is 1.44. The Kier molecular flexibility index (Phi) is 8.22. The van der Waals surface area contributed by atoms with E-state index in [0.717, 1.165) is 50.7 Å². The molecule has 2 N–H and O–H groups in total. The summed E-state index contributed by atoms with van der Waals surface area (Å²) in [6, 6.07) is 8.93. The molecule has 0 atom stereocenters. The third-order valence-electron chi connectivity index (χ3n) is 5.75. The second-order valence-electron chi connectivity index (χ2n) is 7.96. The summed E-state index contributed by atoms with van der Waals surface area (Å²) in [4.78, 5) is 6.85. The molecule has 0 spiro atoms. The molecule has 0 amide bonds. The van der Waals surface area contributed by atoms with Crippen molar-refractivity contribution in [3.8, 4) is 5.75 Å². The molecule has 1 aliphatic carbocycles. The Hall–Kier alpha value is -2.01. The minimum Gasteiger partial charge on any atom is -0.490 e. The monoisotopic (exact) mass is 384 g/mol. The smallest absolute Gasteiger partial charge is 0.191 e. The van der Waals surface area contributed by atoms with Crippen molar-refractivity contribution >= 4 is 5.96 Å². The van der Waals surface area contributed by atoms with E-state index in [1.165, 1.54) is 37.7 Å². The van der Waals surface area contributed by atoms with E-state index in [-0.39, 0.29) is 0 Å². The highest BCUT2D eigenvalue weighted by molar-refractivity contribution is 5.79. The van der Waals surface area contributed by atoms with Gasteiger partial charge in [-0.05, 0) is 56.2 Å². The van der Waals surface area contributed by atoms with Gasteiger partial charge in [-0.25, -0.2) is 0 Å². The minimum atomic E-state index is 0.387. The third kappa shape index (κ3) is 6.55. The van der Waals surface area contributed by atoms with Gasteiger partial charge in [0.1, 0.15) is 5.75 Å². The first kappa shape index (κ1) is 20.7. The van der Waals surface area contributed by atoms with E-state index in [1.807, 2.05) is 13.1 Å². The molecule has 0 aromatic heterocycles. The summed E-state index contributed by atoms with van der Waals surface area (Å²) in [5.74, 6) is 1.87. The zero-order valence-corrected chi connectivity index (χ0v) is 17.3. The van der Waals surface area contributed by atoms with E-state index in [9.17, 15) is 0 Å². The van der Waals surface area contributed by atoms with Gasteiger partial charge in [0.15, 0.2) is 5.96 Å². The molecule has 1 aromatic carbocycles. The predicted octanol–water partition coefficient (Wildman–Crippen LogP) is 3.71. The second-order valence-corrected chi connectivity index (χ2v) is 7.96. The van der Waals surface area contributed by atoms with Gasteiger partial charge in [0.2, 0.25) is 0 Å². The van der Waals surface area contributed by atoms with Gasteiger partial charge in [-0.1, -0.05) is 24.6 Å². The zero-order valence-electron chi connectivity index (χ0n) is 17.3. The lowest BCUT2D eigenvalue weighted by Gasteiger charge is -2.32. The van der Waals surface area contributed by atoms with Crippen molar-refractivity contribution in [3.05, 3.63) is 42.5 Å². The molecule has 1 aromatic rings. The molecule has 1 aliphatic heterocycles. The van der Waals surface area contributed by atoms with E-state index in [1.54, 1.807) is 0 Å². The molecule has 2 aliphatic rings. The average Bonchev–Trinajstić information content (AvgIpc) is 2.73.